The maximum Gasteiger partial charge on any atom is 0.189 e. The lowest BCUT2D eigenvalue weighted by Crippen LogP contribution is -2.29. The number of hydrogen-bond donors (Lipinski definition) is 2. The lowest BCUT2D eigenvalue weighted by molar-refractivity contribution is 0.586. The lowest BCUT2D eigenvalue weighted by atomic mass is 10.1. The van der Waals surface area contributed by atoms with Crippen molar-refractivity contribution >= 4 is 28.7 Å². The second-order valence-electron chi connectivity index (χ2n) is 5.17. The van der Waals surface area contributed by atoms with E-state index < -0.39 is 0 Å². The Bertz CT molecular complexity index is 624. The monoisotopic (exact) mass is 298 g/mol. The van der Waals surface area contributed by atoms with Crippen molar-refractivity contribution in [3.63, 3.8) is 0 Å². The molecule has 1 aliphatic rings. The molecule has 1 aliphatic heterocycles. The van der Waals surface area contributed by atoms with Crippen LogP contribution in [0.1, 0.15) is 11.7 Å². The summed E-state index contributed by atoms with van der Waals surface area (Å²) in [6.07, 6.45) is -0.00360. The van der Waals surface area contributed by atoms with Crippen LogP contribution in [0.4, 0.5) is 11.4 Å². The van der Waals surface area contributed by atoms with E-state index in [1.165, 1.54) is 5.69 Å². The highest BCUT2D eigenvalue weighted by atomic mass is 32.1. The number of rotatable bonds is 3. The second-order valence-corrected chi connectivity index (χ2v) is 5.56. The summed E-state index contributed by atoms with van der Waals surface area (Å²) in [6, 6.07) is 18.6. The third-order valence-electron chi connectivity index (χ3n) is 3.55. The van der Waals surface area contributed by atoms with Gasteiger partial charge in [-0.2, -0.15) is 0 Å². The van der Waals surface area contributed by atoms with Crippen molar-refractivity contribution in [1.82, 2.24) is 10.9 Å². The van der Waals surface area contributed by atoms with E-state index >= 15 is 0 Å². The van der Waals surface area contributed by atoms with Crippen LogP contribution in [0.15, 0.2) is 54.6 Å². The predicted molar refractivity (Wildman–Crippen MR) is 91.3 cm³/mol. The van der Waals surface area contributed by atoms with Crippen molar-refractivity contribution in [1.29, 1.82) is 0 Å². The van der Waals surface area contributed by atoms with E-state index in [4.69, 9.17) is 12.2 Å². The zero-order chi connectivity index (χ0) is 14.8. The molecule has 1 saturated heterocycles. The van der Waals surface area contributed by atoms with Gasteiger partial charge >= 0.3 is 0 Å². The maximum atomic E-state index is 5.41. The first-order chi connectivity index (χ1) is 10.2. The van der Waals surface area contributed by atoms with E-state index in [1.807, 2.05) is 32.3 Å². The number of thiocarbonyl (C=S) groups is 1. The average molecular weight is 298 g/mol. The Kier molecular flexibility index (Phi) is 3.77. The van der Waals surface area contributed by atoms with Crippen LogP contribution in [0.25, 0.3) is 0 Å². The van der Waals surface area contributed by atoms with Gasteiger partial charge in [0.2, 0.25) is 0 Å². The SMILES string of the molecule is CN(C)c1ccc([C@@H]2NNC(=S)N2c2ccccc2)cc1. The normalized spacial score (nSPS) is 17.7. The minimum absolute atomic E-state index is 0.00360. The first-order valence-corrected chi connectivity index (χ1v) is 7.25. The quantitative estimate of drug-likeness (QED) is 0.851. The van der Waals surface area contributed by atoms with E-state index in [0.29, 0.717) is 5.11 Å². The summed E-state index contributed by atoms with van der Waals surface area (Å²) in [5, 5.41) is 0.683. The number of hydrazine groups is 1. The van der Waals surface area contributed by atoms with E-state index in [-0.39, 0.29) is 6.17 Å². The molecule has 108 valence electrons. The molecule has 0 radical (unpaired) electrons. The molecule has 2 aromatic carbocycles. The Hall–Kier alpha value is -2.11. The Morgan fingerprint density at radius 2 is 1.67 bits per heavy atom. The van der Waals surface area contributed by atoms with Crippen molar-refractivity contribution in [2.24, 2.45) is 0 Å². The topological polar surface area (TPSA) is 30.5 Å². The summed E-state index contributed by atoms with van der Waals surface area (Å²) in [5.74, 6) is 0. The summed E-state index contributed by atoms with van der Waals surface area (Å²) in [4.78, 5) is 4.17. The van der Waals surface area contributed by atoms with Gasteiger partial charge in [0.1, 0.15) is 6.17 Å². The fourth-order valence-electron chi connectivity index (χ4n) is 2.41. The molecule has 1 heterocycles. The number of anilines is 2. The van der Waals surface area contributed by atoms with Crippen LogP contribution in [-0.2, 0) is 0 Å². The Labute approximate surface area is 130 Å². The van der Waals surface area contributed by atoms with Gasteiger partial charge in [0, 0.05) is 25.5 Å². The van der Waals surface area contributed by atoms with Crippen LogP contribution < -0.4 is 20.7 Å². The summed E-state index contributed by atoms with van der Waals surface area (Å²) >= 11 is 5.41. The molecule has 1 atom stereocenters. The van der Waals surface area contributed by atoms with Crippen molar-refractivity contribution < 1.29 is 0 Å². The highest BCUT2D eigenvalue weighted by Gasteiger charge is 2.29. The smallest absolute Gasteiger partial charge is 0.189 e. The third kappa shape index (κ3) is 2.70. The molecule has 0 amide bonds. The van der Waals surface area contributed by atoms with Gasteiger partial charge in [-0.1, -0.05) is 30.3 Å². The van der Waals surface area contributed by atoms with E-state index in [2.05, 4.69) is 57.0 Å². The van der Waals surface area contributed by atoms with Gasteiger partial charge in [-0.25, -0.2) is 5.43 Å². The second kappa shape index (κ2) is 5.71. The number of benzene rings is 2. The molecule has 3 rings (SSSR count). The molecule has 0 aromatic heterocycles. The largest absolute Gasteiger partial charge is 0.378 e. The van der Waals surface area contributed by atoms with E-state index in [1.54, 1.807) is 0 Å². The van der Waals surface area contributed by atoms with Gasteiger partial charge in [0.25, 0.3) is 0 Å². The standard InChI is InChI=1S/C16H18N4S/c1-19(2)13-10-8-12(9-11-13)15-17-18-16(21)20(15)14-6-4-3-5-7-14/h3-11,15,17H,1-2H3,(H,18,21)/t15-/m1/s1. The zero-order valence-electron chi connectivity index (χ0n) is 12.1. The molecule has 21 heavy (non-hydrogen) atoms. The number of nitrogens with zero attached hydrogens (tertiary/aromatic N) is 2. The highest BCUT2D eigenvalue weighted by Crippen LogP contribution is 2.28. The Morgan fingerprint density at radius 1 is 1.00 bits per heavy atom. The molecular formula is C16H18N4S. The van der Waals surface area contributed by atoms with Crippen LogP contribution in [0.3, 0.4) is 0 Å². The molecular weight excluding hydrogens is 280 g/mol. The van der Waals surface area contributed by atoms with Crippen molar-refractivity contribution in [2.75, 3.05) is 23.9 Å². The van der Waals surface area contributed by atoms with Gasteiger partial charge in [0.15, 0.2) is 5.11 Å². The minimum atomic E-state index is -0.00360. The summed E-state index contributed by atoms with van der Waals surface area (Å²) in [5.41, 5.74) is 9.71. The highest BCUT2D eigenvalue weighted by molar-refractivity contribution is 7.80. The number of para-hydroxylation sites is 1. The van der Waals surface area contributed by atoms with Gasteiger partial charge in [0.05, 0.1) is 0 Å². The molecule has 5 heteroatoms. The molecule has 0 bridgehead atoms. The number of nitrogens with one attached hydrogen (secondary N) is 2. The van der Waals surface area contributed by atoms with Gasteiger partial charge in [-0.3, -0.25) is 10.3 Å². The van der Waals surface area contributed by atoms with Gasteiger partial charge < -0.3 is 4.90 Å². The average Bonchev–Trinajstić information content (AvgIpc) is 2.90. The van der Waals surface area contributed by atoms with Gasteiger partial charge in [-0.05, 0) is 42.0 Å². The van der Waals surface area contributed by atoms with E-state index in [9.17, 15) is 0 Å². The van der Waals surface area contributed by atoms with E-state index in [0.717, 1.165) is 11.3 Å². The molecule has 0 saturated carbocycles. The van der Waals surface area contributed by atoms with Crippen LogP contribution in [-0.4, -0.2) is 19.2 Å². The molecule has 2 aromatic rings. The molecule has 2 N–H and O–H groups in total. The lowest BCUT2D eigenvalue weighted by Gasteiger charge is -2.25. The molecule has 0 spiro atoms. The van der Waals surface area contributed by atoms with Crippen LogP contribution >= 0.6 is 12.2 Å². The fraction of sp³-hybridized carbons (Fsp3) is 0.188. The van der Waals surface area contributed by atoms with Crippen molar-refractivity contribution in [2.45, 2.75) is 6.17 Å². The first-order valence-electron chi connectivity index (χ1n) is 6.84. The summed E-state index contributed by atoms with van der Waals surface area (Å²) < 4.78 is 0. The molecule has 0 aliphatic carbocycles. The van der Waals surface area contributed by atoms with Crippen LogP contribution in [0.2, 0.25) is 0 Å². The Morgan fingerprint density at radius 3 is 2.29 bits per heavy atom. The summed E-state index contributed by atoms with van der Waals surface area (Å²) in [6.45, 7) is 0. The third-order valence-corrected chi connectivity index (χ3v) is 3.85. The number of hydrogen-bond acceptors (Lipinski definition) is 3. The first kappa shape index (κ1) is 13.9. The molecule has 4 nitrogen and oxygen atoms in total. The van der Waals surface area contributed by atoms with Crippen LogP contribution in [0.5, 0.6) is 0 Å². The zero-order valence-corrected chi connectivity index (χ0v) is 12.9. The van der Waals surface area contributed by atoms with Crippen molar-refractivity contribution in [3.8, 4) is 0 Å². The van der Waals surface area contributed by atoms with Crippen LogP contribution in [0, 0.1) is 0 Å². The fourth-order valence-corrected chi connectivity index (χ4v) is 2.68. The summed E-state index contributed by atoms with van der Waals surface area (Å²) in [7, 11) is 4.07. The molecule has 1 fully saturated rings. The minimum Gasteiger partial charge on any atom is -0.378 e. The van der Waals surface area contributed by atoms with Gasteiger partial charge in [-0.15, -0.1) is 0 Å². The maximum absolute atomic E-state index is 5.41. The molecule has 0 unspecified atom stereocenters. The predicted octanol–water partition coefficient (Wildman–Crippen LogP) is 2.65. The Balaban J connectivity index is 1.91. The van der Waals surface area contributed by atoms with Crippen molar-refractivity contribution in [3.05, 3.63) is 60.2 Å².